The molecule has 0 bridgehead atoms. The van der Waals surface area contributed by atoms with E-state index in [9.17, 15) is 29.1 Å². The van der Waals surface area contributed by atoms with Crippen LogP contribution < -0.4 is 10.7 Å². The second-order valence-corrected chi connectivity index (χ2v) is 15.0. The lowest BCUT2D eigenvalue weighted by molar-refractivity contribution is -0.149. The Labute approximate surface area is 306 Å². The van der Waals surface area contributed by atoms with Crippen molar-refractivity contribution in [3.8, 4) is 0 Å². The zero-order chi connectivity index (χ0) is 37.8. The van der Waals surface area contributed by atoms with Crippen LogP contribution in [0.3, 0.4) is 0 Å². The molecule has 282 valence electrons. The van der Waals surface area contributed by atoms with E-state index in [2.05, 4.69) is 15.7 Å². The SMILES string of the molecule is CC[C@H](C)[C@H](NC(=O)[C@H]1CCCCN1C)C(=O)N(C)[C@H](C[C@@H](OC(C)=O)c1nc(C(=O)NN(Cc2ccccc2)CC(C)C(=O)O)cs1)C(C)C. The van der Waals surface area contributed by atoms with Gasteiger partial charge in [-0.2, -0.15) is 0 Å². The number of nitrogens with zero attached hydrogens (tertiary/aromatic N) is 4. The van der Waals surface area contributed by atoms with Crippen molar-refractivity contribution in [2.45, 2.75) is 104 Å². The Kier molecular flexibility index (Phi) is 16.0. The van der Waals surface area contributed by atoms with Crippen LogP contribution in [-0.4, -0.2) is 99.9 Å². The highest BCUT2D eigenvalue weighted by Crippen LogP contribution is 2.31. The van der Waals surface area contributed by atoms with Crippen molar-refractivity contribution in [3.05, 3.63) is 52.0 Å². The van der Waals surface area contributed by atoms with Gasteiger partial charge in [-0.15, -0.1) is 11.3 Å². The average Bonchev–Trinajstić information content (AvgIpc) is 3.59. The summed E-state index contributed by atoms with van der Waals surface area (Å²) in [4.78, 5) is 73.2. The lowest BCUT2D eigenvalue weighted by Crippen LogP contribution is -2.58. The van der Waals surface area contributed by atoms with E-state index in [1.807, 2.05) is 70.0 Å². The summed E-state index contributed by atoms with van der Waals surface area (Å²) in [5, 5.41) is 16.1. The first-order valence-electron chi connectivity index (χ1n) is 17.8. The average molecular weight is 729 g/mol. The number of carbonyl (C=O) groups is 5. The van der Waals surface area contributed by atoms with Crippen LogP contribution in [-0.2, 0) is 30.5 Å². The van der Waals surface area contributed by atoms with Crippen molar-refractivity contribution in [1.29, 1.82) is 0 Å². The van der Waals surface area contributed by atoms with E-state index in [0.29, 0.717) is 11.4 Å². The quantitative estimate of drug-likeness (QED) is 0.147. The molecule has 3 rings (SSSR count). The summed E-state index contributed by atoms with van der Waals surface area (Å²) >= 11 is 1.16. The predicted molar refractivity (Wildman–Crippen MR) is 195 cm³/mol. The number of likely N-dealkylation sites (tertiary alicyclic amines) is 1. The fourth-order valence-corrected chi connectivity index (χ4v) is 7.16. The molecule has 0 radical (unpaired) electrons. The van der Waals surface area contributed by atoms with Crippen molar-refractivity contribution in [2.24, 2.45) is 17.8 Å². The number of carbonyl (C=O) groups excluding carboxylic acids is 4. The third-order valence-corrected chi connectivity index (χ3v) is 10.6. The number of hydrogen-bond donors (Lipinski definition) is 3. The highest BCUT2D eigenvalue weighted by Gasteiger charge is 2.37. The summed E-state index contributed by atoms with van der Waals surface area (Å²) in [6.07, 6.45) is 2.81. The third-order valence-electron chi connectivity index (χ3n) is 9.65. The molecule has 2 heterocycles. The Morgan fingerprint density at radius 2 is 1.78 bits per heavy atom. The highest BCUT2D eigenvalue weighted by molar-refractivity contribution is 7.09. The monoisotopic (exact) mass is 728 g/mol. The van der Waals surface area contributed by atoms with Crippen molar-refractivity contribution in [2.75, 3.05) is 27.2 Å². The smallest absolute Gasteiger partial charge is 0.307 e. The maximum Gasteiger partial charge on any atom is 0.307 e. The molecule has 1 aliphatic rings. The van der Waals surface area contributed by atoms with Gasteiger partial charge >= 0.3 is 11.9 Å². The molecular weight excluding hydrogens is 673 g/mol. The van der Waals surface area contributed by atoms with Gasteiger partial charge in [-0.05, 0) is 43.8 Å². The Morgan fingerprint density at radius 1 is 1.10 bits per heavy atom. The summed E-state index contributed by atoms with van der Waals surface area (Å²) < 4.78 is 5.75. The number of carboxylic acids is 1. The normalized spacial score (nSPS) is 18.0. The third kappa shape index (κ3) is 12.1. The van der Waals surface area contributed by atoms with Crippen molar-refractivity contribution < 1.29 is 33.8 Å². The molecule has 6 atom stereocenters. The van der Waals surface area contributed by atoms with Crippen LogP contribution in [0.4, 0.5) is 0 Å². The first kappa shape index (κ1) is 41.5. The molecule has 3 amide bonds. The first-order valence-corrected chi connectivity index (χ1v) is 18.7. The Balaban J connectivity index is 1.81. The number of aromatic nitrogens is 1. The Hall–Kier alpha value is -3.88. The molecule has 2 aromatic rings. The van der Waals surface area contributed by atoms with Gasteiger partial charge in [0.2, 0.25) is 11.8 Å². The molecule has 14 heteroatoms. The topological polar surface area (TPSA) is 161 Å². The van der Waals surface area contributed by atoms with Crippen molar-refractivity contribution >= 4 is 41.0 Å². The van der Waals surface area contributed by atoms with Gasteiger partial charge in [0.25, 0.3) is 5.91 Å². The van der Waals surface area contributed by atoms with Crippen molar-refractivity contribution in [1.82, 2.24) is 30.5 Å². The number of likely N-dealkylation sites (N-methyl/N-ethyl adjacent to an activating group) is 2. The van der Waals surface area contributed by atoms with Crippen LogP contribution in [0.2, 0.25) is 0 Å². The number of thiazole rings is 1. The number of esters is 1. The van der Waals surface area contributed by atoms with Gasteiger partial charge in [-0.1, -0.05) is 77.8 Å². The number of ether oxygens (including phenoxy) is 1. The largest absolute Gasteiger partial charge is 0.481 e. The lowest BCUT2D eigenvalue weighted by Gasteiger charge is -2.38. The maximum absolute atomic E-state index is 14.2. The van der Waals surface area contributed by atoms with Gasteiger partial charge in [0, 0.05) is 44.9 Å². The number of piperidine rings is 1. The van der Waals surface area contributed by atoms with Gasteiger partial charge in [-0.3, -0.25) is 34.3 Å². The second-order valence-electron chi connectivity index (χ2n) is 14.1. The van der Waals surface area contributed by atoms with Gasteiger partial charge < -0.3 is 20.1 Å². The molecular formula is C37H56N6O7S. The molecule has 1 saturated heterocycles. The van der Waals surface area contributed by atoms with Crippen LogP contribution in [0.15, 0.2) is 35.7 Å². The molecule has 0 spiro atoms. The molecule has 0 saturated carbocycles. The van der Waals surface area contributed by atoms with E-state index < -0.39 is 42.0 Å². The van der Waals surface area contributed by atoms with Crippen LogP contribution in [0, 0.1) is 17.8 Å². The number of benzene rings is 1. The number of hydrazine groups is 1. The fourth-order valence-electron chi connectivity index (χ4n) is 6.32. The number of rotatable bonds is 18. The van der Waals surface area contributed by atoms with E-state index in [4.69, 9.17) is 4.74 Å². The molecule has 51 heavy (non-hydrogen) atoms. The minimum atomic E-state index is -0.986. The summed E-state index contributed by atoms with van der Waals surface area (Å²) in [6.45, 7) is 12.0. The van der Waals surface area contributed by atoms with Gasteiger partial charge in [0.05, 0.1) is 12.0 Å². The van der Waals surface area contributed by atoms with Gasteiger partial charge in [-0.25, -0.2) is 9.99 Å². The molecule has 1 aliphatic heterocycles. The number of amides is 3. The number of carboxylic acid groups (broad SMARTS) is 1. The molecule has 1 unspecified atom stereocenters. The van der Waals surface area contributed by atoms with E-state index in [0.717, 1.165) is 42.7 Å². The Morgan fingerprint density at radius 3 is 2.37 bits per heavy atom. The van der Waals surface area contributed by atoms with E-state index in [1.165, 1.54) is 6.92 Å². The fraction of sp³-hybridized carbons (Fsp3) is 0.622. The molecule has 3 N–H and O–H groups in total. The van der Waals surface area contributed by atoms with Gasteiger partial charge in [0.15, 0.2) is 6.10 Å². The van der Waals surface area contributed by atoms with E-state index in [-0.39, 0.29) is 54.9 Å². The molecule has 1 aromatic heterocycles. The van der Waals surface area contributed by atoms with E-state index in [1.54, 1.807) is 29.3 Å². The maximum atomic E-state index is 14.2. The zero-order valence-corrected chi connectivity index (χ0v) is 32.1. The number of hydrogen-bond acceptors (Lipinski definition) is 10. The van der Waals surface area contributed by atoms with Crippen LogP contribution in [0.1, 0.15) is 101 Å². The summed E-state index contributed by atoms with van der Waals surface area (Å²) in [6, 6.07) is 7.97. The predicted octanol–water partition coefficient (Wildman–Crippen LogP) is 4.50. The van der Waals surface area contributed by atoms with Crippen LogP contribution >= 0.6 is 11.3 Å². The van der Waals surface area contributed by atoms with Crippen molar-refractivity contribution in [3.63, 3.8) is 0 Å². The molecule has 1 fully saturated rings. The zero-order valence-electron chi connectivity index (χ0n) is 31.3. The molecule has 1 aromatic carbocycles. The minimum Gasteiger partial charge on any atom is -0.481 e. The standard InChI is InChI=1S/C37H56N6O7S/c1-9-24(4)32(39-34(46)29-17-13-14-18-41(29)7)36(47)42(8)30(23(2)3)19-31(50-26(6)44)35-38-28(22-51-35)33(45)40-43(20-25(5)37(48)49)21-27-15-11-10-12-16-27/h10-12,15-16,22-25,29-32H,9,13-14,17-21H2,1-8H3,(H,39,46)(H,40,45)(H,48,49)/t24-,25?,29+,30+,31+,32-/m0/s1. The number of aliphatic carboxylic acids is 1. The first-order chi connectivity index (χ1) is 24.1. The second kappa shape index (κ2) is 19.7. The summed E-state index contributed by atoms with van der Waals surface area (Å²) in [7, 11) is 3.65. The highest BCUT2D eigenvalue weighted by atomic mass is 32.1. The van der Waals surface area contributed by atoms with E-state index >= 15 is 0 Å². The summed E-state index contributed by atoms with van der Waals surface area (Å²) in [5.41, 5.74) is 3.78. The van der Waals surface area contributed by atoms with Crippen LogP contribution in [0.25, 0.3) is 0 Å². The lowest BCUT2D eigenvalue weighted by atomic mass is 9.92. The van der Waals surface area contributed by atoms with Gasteiger partial charge in [0.1, 0.15) is 16.7 Å². The molecule has 0 aliphatic carbocycles. The Bertz CT molecular complexity index is 1470. The van der Waals surface area contributed by atoms with Crippen LogP contribution in [0.5, 0.6) is 0 Å². The number of nitrogens with one attached hydrogen (secondary N) is 2. The molecule has 13 nitrogen and oxygen atoms in total. The minimum absolute atomic E-state index is 0.0553. The summed E-state index contributed by atoms with van der Waals surface area (Å²) in [5.74, 6) is -3.33.